The van der Waals surface area contributed by atoms with Gasteiger partial charge in [-0.1, -0.05) is 19.8 Å². The third-order valence-electron chi connectivity index (χ3n) is 2.45. The molecule has 0 amide bonds. The summed E-state index contributed by atoms with van der Waals surface area (Å²) >= 11 is 0. The summed E-state index contributed by atoms with van der Waals surface area (Å²) in [5, 5.41) is 0. The molecule has 18 heavy (non-hydrogen) atoms. The molecule has 5 heteroatoms. The van der Waals surface area contributed by atoms with Crippen LogP contribution in [0.4, 0.5) is 13.2 Å². The van der Waals surface area contributed by atoms with E-state index < -0.39 is 11.7 Å². The molecular formula is C13H15F3O2. The van der Waals surface area contributed by atoms with Crippen molar-refractivity contribution in [2.45, 2.75) is 32.4 Å². The van der Waals surface area contributed by atoms with Crippen molar-refractivity contribution in [1.82, 2.24) is 0 Å². The van der Waals surface area contributed by atoms with Crippen LogP contribution in [0.2, 0.25) is 0 Å². The quantitative estimate of drug-likeness (QED) is 0.569. The standard InChI is InChI=1S/C13H15F3O2/c1-2-3-4-7-18-12-6-5-10(9-17)8-11(12)13(14,15)16/h5-6,8-9H,2-4,7H2,1H3. The highest BCUT2D eigenvalue weighted by atomic mass is 19.4. The Morgan fingerprint density at radius 3 is 2.56 bits per heavy atom. The van der Waals surface area contributed by atoms with Crippen LogP contribution in [0.3, 0.4) is 0 Å². The van der Waals surface area contributed by atoms with Crippen molar-refractivity contribution in [3.63, 3.8) is 0 Å². The van der Waals surface area contributed by atoms with Crippen LogP contribution in [0, 0.1) is 0 Å². The SMILES string of the molecule is CCCCCOc1ccc(C=O)cc1C(F)(F)F. The highest BCUT2D eigenvalue weighted by molar-refractivity contribution is 5.75. The summed E-state index contributed by atoms with van der Waals surface area (Å²) in [6.45, 7) is 2.25. The van der Waals surface area contributed by atoms with Crippen LogP contribution in [0.25, 0.3) is 0 Å². The summed E-state index contributed by atoms with van der Waals surface area (Å²) in [7, 11) is 0. The Morgan fingerprint density at radius 1 is 1.28 bits per heavy atom. The zero-order valence-corrected chi connectivity index (χ0v) is 10.1. The number of alkyl halides is 3. The molecule has 0 radical (unpaired) electrons. The third-order valence-corrected chi connectivity index (χ3v) is 2.45. The van der Waals surface area contributed by atoms with E-state index >= 15 is 0 Å². The van der Waals surface area contributed by atoms with Gasteiger partial charge in [0.15, 0.2) is 0 Å². The molecule has 0 aliphatic carbocycles. The summed E-state index contributed by atoms with van der Waals surface area (Å²) in [5.74, 6) is -0.218. The smallest absolute Gasteiger partial charge is 0.419 e. The molecule has 100 valence electrons. The zero-order valence-electron chi connectivity index (χ0n) is 10.1. The van der Waals surface area contributed by atoms with E-state index in [4.69, 9.17) is 4.74 Å². The van der Waals surface area contributed by atoms with Gasteiger partial charge in [0.05, 0.1) is 12.2 Å². The van der Waals surface area contributed by atoms with Gasteiger partial charge in [0, 0.05) is 5.56 Å². The molecule has 0 atom stereocenters. The summed E-state index contributed by atoms with van der Waals surface area (Å²) in [6, 6.07) is 3.32. The molecule has 0 saturated carbocycles. The molecule has 0 unspecified atom stereocenters. The first-order chi connectivity index (χ1) is 8.49. The number of carbonyl (C=O) groups excluding carboxylic acids is 1. The molecule has 0 fully saturated rings. The Balaban J connectivity index is 2.86. The molecule has 0 N–H and O–H groups in total. The van der Waals surface area contributed by atoms with E-state index in [9.17, 15) is 18.0 Å². The van der Waals surface area contributed by atoms with Crippen molar-refractivity contribution in [2.24, 2.45) is 0 Å². The second-order valence-corrected chi connectivity index (χ2v) is 3.93. The Morgan fingerprint density at radius 2 is 2.00 bits per heavy atom. The molecule has 0 aliphatic rings. The number of ether oxygens (including phenoxy) is 1. The predicted octanol–water partition coefficient (Wildman–Crippen LogP) is 4.09. The molecule has 1 rings (SSSR count). The maximum absolute atomic E-state index is 12.7. The molecule has 2 nitrogen and oxygen atoms in total. The highest BCUT2D eigenvalue weighted by Gasteiger charge is 2.34. The van der Waals surface area contributed by atoms with Gasteiger partial charge in [0.1, 0.15) is 12.0 Å². The van der Waals surface area contributed by atoms with Crippen molar-refractivity contribution >= 4 is 6.29 Å². The van der Waals surface area contributed by atoms with Crippen LogP contribution in [-0.4, -0.2) is 12.9 Å². The van der Waals surface area contributed by atoms with Crippen molar-refractivity contribution < 1.29 is 22.7 Å². The lowest BCUT2D eigenvalue weighted by atomic mass is 10.1. The minimum Gasteiger partial charge on any atom is -0.493 e. The van der Waals surface area contributed by atoms with E-state index in [1.54, 1.807) is 0 Å². The lowest BCUT2D eigenvalue weighted by molar-refractivity contribution is -0.139. The van der Waals surface area contributed by atoms with E-state index in [1.165, 1.54) is 12.1 Å². The van der Waals surface area contributed by atoms with Gasteiger partial charge in [0.25, 0.3) is 0 Å². The van der Waals surface area contributed by atoms with Gasteiger partial charge >= 0.3 is 6.18 Å². The fourth-order valence-electron chi connectivity index (χ4n) is 1.50. The van der Waals surface area contributed by atoms with E-state index in [0.717, 1.165) is 18.9 Å². The van der Waals surface area contributed by atoms with Gasteiger partial charge < -0.3 is 4.74 Å². The Labute approximate surface area is 104 Å². The molecular weight excluding hydrogens is 245 g/mol. The maximum Gasteiger partial charge on any atom is 0.419 e. The minimum atomic E-state index is -4.51. The molecule has 0 spiro atoms. The first kappa shape index (κ1) is 14.5. The first-order valence-electron chi connectivity index (χ1n) is 5.78. The highest BCUT2D eigenvalue weighted by Crippen LogP contribution is 2.36. The summed E-state index contributed by atoms with van der Waals surface area (Å²) in [5.41, 5.74) is -0.910. The van der Waals surface area contributed by atoms with Gasteiger partial charge in [-0.3, -0.25) is 4.79 Å². The van der Waals surface area contributed by atoms with Crippen molar-refractivity contribution in [2.75, 3.05) is 6.61 Å². The number of carbonyl (C=O) groups is 1. The van der Waals surface area contributed by atoms with Crippen LogP contribution in [0.5, 0.6) is 5.75 Å². The number of benzene rings is 1. The average molecular weight is 260 g/mol. The molecule has 0 heterocycles. The van der Waals surface area contributed by atoms with Crippen molar-refractivity contribution in [1.29, 1.82) is 0 Å². The molecule has 0 aliphatic heterocycles. The van der Waals surface area contributed by atoms with Gasteiger partial charge in [0.2, 0.25) is 0 Å². The van der Waals surface area contributed by atoms with E-state index in [1.807, 2.05) is 6.92 Å². The van der Waals surface area contributed by atoms with Crippen LogP contribution < -0.4 is 4.74 Å². The molecule has 1 aromatic rings. The molecule has 0 saturated heterocycles. The Kier molecular flexibility index (Phi) is 5.19. The predicted molar refractivity (Wildman–Crippen MR) is 61.9 cm³/mol. The monoisotopic (exact) mass is 260 g/mol. The van der Waals surface area contributed by atoms with Gasteiger partial charge in [-0.05, 0) is 24.6 Å². The lowest BCUT2D eigenvalue weighted by Crippen LogP contribution is -2.10. The Bertz CT molecular complexity index is 400. The van der Waals surface area contributed by atoms with Gasteiger partial charge in [-0.25, -0.2) is 0 Å². The largest absolute Gasteiger partial charge is 0.493 e. The fraction of sp³-hybridized carbons (Fsp3) is 0.462. The zero-order chi connectivity index (χ0) is 13.6. The number of hydrogen-bond donors (Lipinski definition) is 0. The normalized spacial score (nSPS) is 11.3. The minimum absolute atomic E-state index is 0.0109. The van der Waals surface area contributed by atoms with Crippen LogP contribution in [-0.2, 0) is 6.18 Å². The second-order valence-electron chi connectivity index (χ2n) is 3.93. The van der Waals surface area contributed by atoms with E-state index in [-0.39, 0.29) is 17.9 Å². The molecule has 0 bridgehead atoms. The van der Waals surface area contributed by atoms with Crippen LogP contribution in [0.15, 0.2) is 18.2 Å². The molecule has 0 aromatic heterocycles. The topological polar surface area (TPSA) is 26.3 Å². The second kappa shape index (κ2) is 6.42. The average Bonchev–Trinajstić information content (AvgIpc) is 2.33. The number of aldehydes is 1. The van der Waals surface area contributed by atoms with E-state index in [2.05, 4.69) is 0 Å². The molecule has 1 aromatic carbocycles. The Hall–Kier alpha value is -1.52. The van der Waals surface area contributed by atoms with Gasteiger partial charge in [-0.15, -0.1) is 0 Å². The van der Waals surface area contributed by atoms with E-state index in [0.29, 0.717) is 12.7 Å². The summed E-state index contributed by atoms with van der Waals surface area (Å²) < 4.78 is 43.4. The summed E-state index contributed by atoms with van der Waals surface area (Å²) in [4.78, 5) is 10.5. The van der Waals surface area contributed by atoms with Crippen molar-refractivity contribution in [3.8, 4) is 5.75 Å². The lowest BCUT2D eigenvalue weighted by Gasteiger charge is -2.14. The number of unbranched alkanes of at least 4 members (excludes halogenated alkanes) is 2. The van der Waals surface area contributed by atoms with Crippen LogP contribution >= 0.6 is 0 Å². The number of rotatable bonds is 6. The maximum atomic E-state index is 12.7. The van der Waals surface area contributed by atoms with Crippen LogP contribution in [0.1, 0.15) is 42.1 Å². The number of hydrogen-bond acceptors (Lipinski definition) is 2. The van der Waals surface area contributed by atoms with Gasteiger partial charge in [-0.2, -0.15) is 13.2 Å². The third kappa shape index (κ3) is 4.05. The fourth-order valence-corrected chi connectivity index (χ4v) is 1.50. The first-order valence-corrected chi connectivity index (χ1v) is 5.78. The number of halogens is 3. The summed E-state index contributed by atoms with van der Waals surface area (Å²) in [6.07, 6.45) is -1.54. The van der Waals surface area contributed by atoms with Crippen molar-refractivity contribution in [3.05, 3.63) is 29.3 Å².